The van der Waals surface area contributed by atoms with E-state index in [1.54, 1.807) is 6.07 Å². The van der Waals surface area contributed by atoms with Gasteiger partial charge in [-0.15, -0.1) is 0 Å². The Balaban J connectivity index is 2.12. The third-order valence-corrected chi connectivity index (χ3v) is 2.22. The monoisotopic (exact) mass is 198 g/mol. The van der Waals surface area contributed by atoms with Gasteiger partial charge < -0.3 is 10.6 Å². The van der Waals surface area contributed by atoms with Crippen molar-refractivity contribution in [2.24, 2.45) is 0 Å². The molecule has 0 atom stereocenters. The zero-order chi connectivity index (χ0) is 9.68. The Labute approximate surface area is 82.9 Å². The smallest absolute Gasteiger partial charge is 0.219 e. The molecular formula is C9H14N2OS. The van der Waals surface area contributed by atoms with Crippen LogP contribution in [0.2, 0.25) is 0 Å². The minimum atomic E-state index is -0.0105. The Morgan fingerprint density at radius 2 is 2.08 bits per heavy atom. The zero-order valence-corrected chi connectivity index (χ0v) is 8.54. The van der Waals surface area contributed by atoms with E-state index in [4.69, 9.17) is 12.2 Å². The van der Waals surface area contributed by atoms with E-state index in [2.05, 4.69) is 10.6 Å². The van der Waals surface area contributed by atoms with Crippen LogP contribution in [0.5, 0.6) is 0 Å². The highest BCUT2D eigenvalue weighted by atomic mass is 32.1. The van der Waals surface area contributed by atoms with E-state index < -0.39 is 0 Å². The molecule has 0 saturated carbocycles. The Morgan fingerprint density at radius 3 is 2.62 bits per heavy atom. The molecule has 3 nitrogen and oxygen atoms in total. The molecule has 0 bridgehead atoms. The fourth-order valence-corrected chi connectivity index (χ4v) is 1.33. The van der Waals surface area contributed by atoms with Crippen molar-refractivity contribution >= 4 is 17.9 Å². The Hall–Kier alpha value is -0.740. The Kier molecular flexibility index (Phi) is 4.05. The first-order valence-electron chi connectivity index (χ1n) is 4.44. The van der Waals surface area contributed by atoms with Gasteiger partial charge in [0.05, 0.1) is 10.2 Å². The van der Waals surface area contributed by atoms with Crippen molar-refractivity contribution in [1.29, 1.82) is 0 Å². The lowest BCUT2D eigenvalue weighted by Crippen LogP contribution is -2.17. The van der Waals surface area contributed by atoms with E-state index in [0.29, 0.717) is 10.2 Å². The lowest BCUT2D eigenvalue weighted by Gasteiger charge is -2.06. The van der Waals surface area contributed by atoms with Gasteiger partial charge in [-0.2, -0.15) is 0 Å². The summed E-state index contributed by atoms with van der Waals surface area (Å²) in [7, 11) is 1.93. The standard InChI is InChI=1S/C9H14N2OS/c1-10-4-2-3-5-11-7-6-8(13)9(7)12/h6,10-11H,2-5H2,1H3. The number of rotatable bonds is 6. The molecule has 1 rings (SSSR count). The summed E-state index contributed by atoms with van der Waals surface area (Å²) >= 11 is 4.73. The molecule has 0 fully saturated rings. The minimum absolute atomic E-state index is 0.0105. The average molecular weight is 198 g/mol. The van der Waals surface area contributed by atoms with Gasteiger partial charge in [0, 0.05) is 6.54 Å². The number of nitrogens with one attached hydrogen (secondary N) is 2. The van der Waals surface area contributed by atoms with Gasteiger partial charge in [0.25, 0.3) is 0 Å². The quantitative estimate of drug-likeness (QED) is 0.530. The molecule has 0 radical (unpaired) electrons. The highest BCUT2D eigenvalue weighted by Crippen LogP contribution is 2.03. The summed E-state index contributed by atoms with van der Waals surface area (Å²) in [5.74, 6) is 0. The maximum atomic E-state index is 11.0. The van der Waals surface area contributed by atoms with Crippen molar-refractivity contribution in [3.05, 3.63) is 20.8 Å². The third kappa shape index (κ3) is 2.90. The molecule has 0 heterocycles. The van der Waals surface area contributed by atoms with Crippen LogP contribution in [0.1, 0.15) is 12.8 Å². The van der Waals surface area contributed by atoms with Crippen LogP contribution in [0, 0.1) is 4.51 Å². The van der Waals surface area contributed by atoms with Crippen LogP contribution in [0.15, 0.2) is 10.9 Å². The first kappa shape index (κ1) is 10.3. The van der Waals surface area contributed by atoms with Crippen LogP contribution in [0.4, 0.5) is 5.69 Å². The van der Waals surface area contributed by atoms with Gasteiger partial charge in [-0.3, -0.25) is 4.79 Å². The summed E-state index contributed by atoms with van der Waals surface area (Å²) in [4.78, 5) is 11.0. The highest BCUT2D eigenvalue weighted by Gasteiger charge is 2.03. The predicted molar refractivity (Wildman–Crippen MR) is 57.6 cm³/mol. The van der Waals surface area contributed by atoms with Crippen molar-refractivity contribution in [3.63, 3.8) is 0 Å². The molecule has 0 saturated heterocycles. The van der Waals surface area contributed by atoms with Gasteiger partial charge in [0.15, 0.2) is 0 Å². The summed E-state index contributed by atoms with van der Waals surface area (Å²) in [6.45, 7) is 1.87. The number of unbranched alkanes of at least 4 members (excludes halogenated alkanes) is 1. The molecule has 13 heavy (non-hydrogen) atoms. The molecule has 2 N–H and O–H groups in total. The van der Waals surface area contributed by atoms with E-state index in [1.165, 1.54) is 0 Å². The van der Waals surface area contributed by atoms with Crippen LogP contribution in [-0.2, 0) is 0 Å². The van der Waals surface area contributed by atoms with Gasteiger partial charge in [-0.05, 0) is 32.5 Å². The molecule has 0 aliphatic rings. The molecule has 0 aromatic heterocycles. The van der Waals surface area contributed by atoms with E-state index in [1.807, 2.05) is 7.05 Å². The van der Waals surface area contributed by atoms with E-state index in [0.717, 1.165) is 25.9 Å². The minimum Gasteiger partial charge on any atom is -0.382 e. The maximum Gasteiger partial charge on any atom is 0.219 e. The molecular weight excluding hydrogens is 184 g/mol. The first-order valence-corrected chi connectivity index (χ1v) is 4.85. The normalized spacial score (nSPS) is 10.5. The summed E-state index contributed by atoms with van der Waals surface area (Å²) in [5.41, 5.74) is 0.665. The molecule has 4 heteroatoms. The van der Waals surface area contributed by atoms with E-state index in [9.17, 15) is 4.79 Å². The fraction of sp³-hybridized carbons (Fsp3) is 0.556. The number of anilines is 1. The topological polar surface area (TPSA) is 41.1 Å². The molecule has 72 valence electrons. The van der Waals surface area contributed by atoms with Gasteiger partial charge in [0.1, 0.15) is 0 Å². The lowest BCUT2D eigenvalue weighted by molar-refractivity contribution is 0.694. The maximum absolute atomic E-state index is 11.0. The van der Waals surface area contributed by atoms with Gasteiger partial charge in [-0.1, -0.05) is 12.2 Å². The van der Waals surface area contributed by atoms with Crippen molar-refractivity contribution < 1.29 is 0 Å². The third-order valence-electron chi connectivity index (χ3n) is 1.91. The van der Waals surface area contributed by atoms with Crippen molar-refractivity contribution in [3.8, 4) is 0 Å². The molecule has 0 aliphatic heterocycles. The fourth-order valence-electron chi connectivity index (χ4n) is 1.10. The SMILES string of the molecule is CNCCCCNc1cc(=S)c1=O. The second-order valence-corrected chi connectivity index (χ2v) is 3.43. The summed E-state index contributed by atoms with van der Waals surface area (Å²) in [6.07, 6.45) is 2.19. The van der Waals surface area contributed by atoms with Crippen LogP contribution in [0.3, 0.4) is 0 Å². The van der Waals surface area contributed by atoms with Crippen LogP contribution in [0.25, 0.3) is 0 Å². The van der Waals surface area contributed by atoms with E-state index in [-0.39, 0.29) is 5.43 Å². The molecule has 0 amide bonds. The van der Waals surface area contributed by atoms with Crippen LogP contribution >= 0.6 is 12.2 Å². The number of hydrogen-bond donors (Lipinski definition) is 2. The van der Waals surface area contributed by atoms with Gasteiger partial charge in [-0.25, -0.2) is 0 Å². The average Bonchev–Trinajstić information content (AvgIpc) is 2.15. The molecule has 0 spiro atoms. The van der Waals surface area contributed by atoms with Crippen molar-refractivity contribution in [2.45, 2.75) is 12.8 Å². The largest absolute Gasteiger partial charge is 0.382 e. The predicted octanol–water partition coefficient (Wildman–Crippen LogP) is 1.06. The van der Waals surface area contributed by atoms with Gasteiger partial charge in [0.2, 0.25) is 5.43 Å². The molecule has 0 unspecified atom stereocenters. The second kappa shape index (κ2) is 5.09. The van der Waals surface area contributed by atoms with Crippen molar-refractivity contribution in [1.82, 2.24) is 5.32 Å². The highest BCUT2D eigenvalue weighted by molar-refractivity contribution is 7.71. The van der Waals surface area contributed by atoms with Crippen LogP contribution < -0.4 is 16.1 Å². The second-order valence-electron chi connectivity index (χ2n) is 2.99. The Bertz CT molecular complexity index is 328. The van der Waals surface area contributed by atoms with Crippen molar-refractivity contribution in [2.75, 3.05) is 25.5 Å². The van der Waals surface area contributed by atoms with E-state index >= 15 is 0 Å². The van der Waals surface area contributed by atoms with Crippen LogP contribution in [-0.4, -0.2) is 20.1 Å². The first-order chi connectivity index (χ1) is 6.25. The summed E-state index contributed by atoms with van der Waals surface area (Å²) in [5, 5.41) is 6.12. The zero-order valence-electron chi connectivity index (χ0n) is 7.72. The summed E-state index contributed by atoms with van der Waals surface area (Å²) in [6, 6.07) is 1.72. The van der Waals surface area contributed by atoms with Gasteiger partial charge >= 0.3 is 0 Å². The lowest BCUT2D eigenvalue weighted by atomic mass is 10.2. The number of hydrogen-bond acceptors (Lipinski definition) is 4. The molecule has 1 aromatic carbocycles. The molecule has 0 aliphatic carbocycles. The Morgan fingerprint density at radius 1 is 1.38 bits per heavy atom. The molecule has 1 aromatic rings. The summed E-state index contributed by atoms with van der Waals surface area (Å²) < 4.78 is 0.442.